The molecule has 2 aromatic carbocycles. The summed E-state index contributed by atoms with van der Waals surface area (Å²) in [4.78, 5) is 12.0. The van der Waals surface area contributed by atoms with Crippen LogP contribution in [0.2, 0.25) is 0 Å². The highest BCUT2D eigenvalue weighted by atomic mass is 32.2. The summed E-state index contributed by atoms with van der Waals surface area (Å²) >= 11 is -1.02. The summed E-state index contributed by atoms with van der Waals surface area (Å²) in [5.74, 6) is -0.787. The number of carboxylic acids is 1. The van der Waals surface area contributed by atoms with Gasteiger partial charge in [0.2, 0.25) is 0 Å². The van der Waals surface area contributed by atoms with E-state index in [1.54, 1.807) is 18.4 Å². The second-order valence-corrected chi connectivity index (χ2v) is 7.36. The number of hydrogen-bond acceptors (Lipinski definition) is 3. The van der Waals surface area contributed by atoms with E-state index in [2.05, 4.69) is 0 Å². The fourth-order valence-electron chi connectivity index (χ4n) is 3.07. The SMILES string of the molecule is CC1=C(CC(=O)O)c2cc(O)ccc2C1=Cc1ccc([S+](C)[O-])cc1. The molecule has 4 nitrogen and oxygen atoms in total. The Labute approximate surface area is 149 Å². The molecule has 1 aliphatic rings. The number of benzene rings is 2. The fourth-order valence-corrected chi connectivity index (χ4v) is 3.59. The summed E-state index contributed by atoms with van der Waals surface area (Å²) in [5, 5.41) is 19.0. The third kappa shape index (κ3) is 3.48. The predicted octanol–water partition coefficient (Wildman–Crippen LogP) is 3.93. The second-order valence-electron chi connectivity index (χ2n) is 5.99. The Morgan fingerprint density at radius 3 is 2.44 bits per heavy atom. The van der Waals surface area contributed by atoms with E-state index >= 15 is 0 Å². The predicted molar refractivity (Wildman–Crippen MR) is 99.6 cm³/mol. The van der Waals surface area contributed by atoms with Crippen LogP contribution in [0.15, 0.2) is 52.9 Å². The van der Waals surface area contributed by atoms with Crippen LogP contribution < -0.4 is 0 Å². The van der Waals surface area contributed by atoms with E-state index in [-0.39, 0.29) is 12.2 Å². The van der Waals surface area contributed by atoms with E-state index in [9.17, 15) is 19.6 Å². The molecule has 0 aromatic heterocycles. The zero-order valence-corrected chi connectivity index (χ0v) is 14.8. The monoisotopic (exact) mass is 354 g/mol. The third-order valence-electron chi connectivity index (χ3n) is 4.33. The van der Waals surface area contributed by atoms with Crippen molar-refractivity contribution in [2.45, 2.75) is 18.2 Å². The lowest BCUT2D eigenvalue weighted by Crippen LogP contribution is -1.96. The van der Waals surface area contributed by atoms with Crippen molar-refractivity contribution in [1.82, 2.24) is 0 Å². The Hall–Kier alpha value is -2.50. The maximum atomic E-state index is 11.5. The maximum absolute atomic E-state index is 11.5. The van der Waals surface area contributed by atoms with Gasteiger partial charge in [0.15, 0.2) is 4.90 Å². The van der Waals surface area contributed by atoms with Gasteiger partial charge < -0.3 is 14.8 Å². The molecule has 0 spiro atoms. The van der Waals surface area contributed by atoms with E-state index < -0.39 is 17.1 Å². The van der Waals surface area contributed by atoms with Gasteiger partial charge in [-0.25, -0.2) is 0 Å². The lowest BCUT2D eigenvalue weighted by Gasteiger charge is -2.06. The molecule has 0 aliphatic heterocycles. The molecule has 2 aromatic rings. The second kappa shape index (κ2) is 6.78. The Kier molecular flexibility index (Phi) is 4.70. The lowest BCUT2D eigenvalue weighted by atomic mass is 10.0. The number of rotatable bonds is 4. The first kappa shape index (κ1) is 17.3. The largest absolute Gasteiger partial charge is 0.612 e. The quantitative estimate of drug-likeness (QED) is 0.815. The average Bonchev–Trinajstić information content (AvgIpc) is 2.80. The van der Waals surface area contributed by atoms with Crippen molar-refractivity contribution in [3.05, 3.63) is 64.7 Å². The van der Waals surface area contributed by atoms with Crippen molar-refractivity contribution >= 4 is 34.4 Å². The first-order valence-electron chi connectivity index (χ1n) is 7.77. The molecule has 1 atom stereocenters. The number of phenols is 1. The number of aromatic hydroxyl groups is 1. The molecule has 2 N–H and O–H groups in total. The van der Waals surface area contributed by atoms with Gasteiger partial charge in [0, 0.05) is 0 Å². The molecule has 0 fully saturated rings. The Morgan fingerprint density at radius 2 is 1.84 bits per heavy atom. The fraction of sp³-hybridized carbons (Fsp3) is 0.150. The highest BCUT2D eigenvalue weighted by Gasteiger charge is 2.25. The van der Waals surface area contributed by atoms with Gasteiger partial charge in [-0.3, -0.25) is 4.79 Å². The third-order valence-corrected chi connectivity index (χ3v) is 5.26. The van der Waals surface area contributed by atoms with Gasteiger partial charge in [0.05, 0.1) is 6.42 Å². The summed E-state index contributed by atoms with van der Waals surface area (Å²) in [7, 11) is 0. The topological polar surface area (TPSA) is 80.6 Å². The van der Waals surface area contributed by atoms with Gasteiger partial charge in [-0.05, 0) is 94.0 Å². The summed E-state index contributed by atoms with van der Waals surface area (Å²) in [6.45, 7) is 1.90. The molecule has 3 rings (SSSR count). The number of carbonyl (C=O) groups is 1. The average molecular weight is 354 g/mol. The molecule has 5 heteroatoms. The number of aliphatic carboxylic acids is 1. The van der Waals surface area contributed by atoms with Crippen LogP contribution in [0, 0.1) is 0 Å². The number of hydrogen-bond donors (Lipinski definition) is 2. The van der Waals surface area contributed by atoms with E-state index in [1.807, 2.05) is 43.3 Å². The zero-order chi connectivity index (χ0) is 18.1. The van der Waals surface area contributed by atoms with Crippen molar-refractivity contribution in [2.75, 3.05) is 6.26 Å². The van der Waals surface area contributed by atoms with Gasteiger partial charge >= 0.3 is 5.97 Å². The number of fused-ring (bicyclic) bond motifs is 1. The van der Waals surface area contributed by atoms with Crippen molar-refractivity contribution < 1.29 is 19.6 Å². The number of allylic oxidation sites excluding steroid dienone is 2. The molecule has 0 saturated carbocycles. The van der Waals surface area contributed by atoms with Crippen LogP contribution in [-0.4, -0.2) is 27.0 Å². The van der Waals surface area contributed by atoms with E-state index in [1.165, 1.54) is 0 Å². The molecule has 25 heavy (non-hydrogen) atoms. The van der Waals surface area contributed by atoms with Crippen molar-refractivity contribution in [2.24, 2.45) is 0 Å². The van der Waals surface area contributed by atoms with Crippen molar-refractivity contribution in [3.63, 3.8) is 0 Å². The maximum Gasteiger partial charge on any atom is 0.307 e. The minimum Gasteiger partial charge on any atom is -0.612 e. The van der Waals surface area contributed by atoms with Crippen molar-refractivity contribution in [3.8, 4) is 5.75 Å². The van der Waals surface area contributed by atoms with E-state index in [4.69, 9.17) is 0 Å². The summed E-state index contributed by atoms with van der Waals surface area (Å²) in [5.41, 5.74) is 5.17. The Balaban J connectivity index is 2.09. The number of carboxylic acid groups (broad SMARTS) is 1. The minimum atomic E-state index is -1.02. The highest BCUT2D eigenvalue weighted by Crippen LogP contribution is 2.44. The zero-order valence-electron chi connectivity index (χ0n) is 13.9. The molecule has 128 valence electrons. The summed E-state index contributed by atoms with van der Waals surface area (Å²) in [6.07, 6.45) is 3.54. The molecule has 0 bridgehead atoms. The van der Waals surface area contributed by atoms with Gasteiger partial charge in [0.25, 0.3) is 0 Å². The van der Waals surface area contributed by atoms with Gasteiger partial charge in [-0.15, -0.1) is 0 Å². The molecule has 0 radical (unpaired) electrons. The highest BCUT2D eigenvalue weighted by molar-refractivity contribution is 7.90. The standard InChI is InChI=1S/C20H18O4S/c1-12-17(9-13-3-6-15(7-4-13)25(2)24)16-8-5-14(21)10-19(16)18(12)11-20(22)23/h3-10,21H,11H2,1-2H3,(H,22,23). The first-order valence-corrected chi connectivity index (χ1v) is 9.33. The van der Waals surface area contributed by atoms with Crippen LogP contribution in [0.3, 0.4) is 0 Å². The van der Waals surface area contributed by atoms with Crippen LogP contribution in [0.25, 0.3) is 17.2 Å². The summed E-state index contributed by atoms with van der Waals surface area (Å²) < 4.78 is 11.5. The smallest absolute Gasteiger partial charge is 0.307 e. The Morgan fingerprint density at radius 1 is 1.16 bits per heavy atom. The van der Waals surface area contributed by atoms with Crippen LogP contribution in [-0.2, 0) is 16.0 Å². The Bertz CT molecular complexity index is 892. The molecular weight excluding hydrogens is 336 g/mol. The van der Waals surface area contributed by atoms with Crippen LogP contribution >= 0.6 is 0 Å². The molecule has 0 heterocycles. The molecule has 0 amide bonds. The normalized spacial score (nSPS) is 16.2. The van der Waals surface area contributed by atoms with Gasteiger partial charge in [-0.1, -0.05) is 6.07 Å². The molecule has 1 aliphatic carbocycles. The van der Waals surface area contributed by atoms with Crippen LogP contribution in [0.1, 0.15) is 30.0 Å². The van der Waals surface area contributed by atoms with E-state index in [0.717, 1.165) is 38.3 Å². The molecule has 0 saturated heterocycles. The first-order chi connectivity index (χ1) is 11.9. The minimum absolute atomic E-state index is 0.0899. The van der Waals surface area contributed by atoms with Gasteiger partial charge in [0.1, 0.15) is 12.0 Å². The van der Waals surface area contributed by atoms with E-state index in [0.29, 0.717) is 0 Å². The number of phenolic OH excluding ortho intramolecular Hbond substituents is 1. The van der Waals surface area contributed by atoms with Crippen LogP contribution in [0.5, 0.6) is 5.75 Å². The summed E-state index contributed by atoms with van der Waals surface area (Å²) in [6, 6.07) is 12.5. The van der Waals surface area contributed by atoms with Crippen molar-refractivity contribution in [1.29, 1.82) is 0 Å². The molecular formula is C20H18O4S. The molecule has 1 unspecified atom stereocenters. The van der Waals surface area contributed by atoms with Crippen LogP contribution in [0.4, 0.5) is 0 Å². The van der Waals surface area contributed by atoms with Gasteiger partial charge in [-0.2, -0.15) is 0 Å². The lowest BCUT2D eigenvalue weighted by molar-refractivity contribution is -0.135.